The van der Waals surface area contributed by atoms with Crippen molar-refractivity contribution >= 4 is 17.2 Å². The van der Waals surface area contributed by atoms with Crippen LogP contribution in [-0.4, -0.2) is 10.9 Å². The lowest BCUT2D eigenvalue weighted by atomic mass is 10.1. The number of pyridine rings is 1. The summed E-state index contributed by atoms with van der Waals surface area (Å²) in [4.78, 5) is 16.4. The van der Waals surface area contributed by atoms with E-state index in [9.17, 15) is 4.79 Å². The predicted molar refractivity (Wildman–Crippen MR) is 85.2 cm³/mol. The molecule has 104 valence electrons. The molecule has 0 bridgehead atoms. The van der Waals surface area contributed by atoms with Crippen molar-refractivity contribution in [2.75, 3.05) is 0 Å². The predicted octanol–water partition coefficient (Wildman–Crippen LogP) is 3.74. The second kappa shape index (κ2) is 6.33. The number of amides is 1. The molecule has 21 heavy (non-hydrogen) atoms. The maximum absolute atomic E-state index is 12.0. The molecule has 3 rings (SSSR count). The van der Waals surface area contributed by atoms with Gasteiger partial charge in [-0.15, -0.1) is 0 Å². The van der Waals surface area contributed by atoms with Gasteiger partial charge in [-0.25, -0.2) is 0 Å². The van der Waals surface area contributed by atoms with Crippen LogP contribution in [0.5, 0.6) is 0 Å². The lowest BCUT2D eigenvalue weighted by Crippen LogP contribution is -2.22. The van der Waals surface area contributed by atoms with Crippen molar-refractivity contribution < 1.29 is 4.79 Å². The maximum Gasteiger partial charge on any atom is 0.252 e. The summed E-state index contributed by atoms with van der Waals surface area (Å²) in [7, 11) is 0. The molecule has 0 aliphatic carbocycles. The quantitative estimate of drug-likeness (QED) is 0.796. The van der Waals surface area contributed by atoms with Gasteiger partial charge in [0.1, 0.15) is 0 Å². The Morgan fingerprint density at radius 3 is 2.71 bits per heavy atom. The summed E-state index contributed by atoms with van der Waals surface area (Å²) in [5.74, 6) is -0.0564. The van der Waals surface area contributed by atoms with Gasteiger partial charge in [0.2, 0.25) is 0 Å². The summed E-state index contributed by atoms with van der Waals surface area (Å²) < 4.78 is 0. The highest BCUT2D eigenvalue weighted by molar-refractivity contribution is 7.08. The van der Waals surface area contributed by atoms with Gasteiger partial charge in [-0.05, 0) is 23.1 Å². The first-order valence-corrected chi connectivity index (χ1v) is 7.58. The zero-order valence-corrected chi connectivity index (χ0v) is 12.1. The molecule has 0 aliphatic heterocycles. The molecular weight excluding hydrogens is 280 g/mol. The highest BCUT2D eigenvalue weighted by Gasteiger charge is 2.09. The normalized spacial score (nSPS) is 10.3. The summed E-state index contributed by atoms with van der Waals surface area (Å²) in [5, 5.41) is 6.68. The molecule has 3 aromatic rings. The van der Waals surface area contributed by atoms with E-state index in [1.807, 2.05) is 59.3 Å². The molecule has 0 unspecified atom stereocenters. The van der Waals surface area contributed by atoms with E-state index in [1.165, 1.54) is 11.3 Å². The number of carbonyl (C=O) groups excluding carboxylic acids is 1. The average molecular weight is 294 g/mol. The Hall–Kier alpha value is -2.46. The Labute approximate surface area is 127 Å². The molecule has 0 saturated carbocycles. The third kappa shape index (κ3) is 3.17. The molecule has 1 amide bonds. The van der Waals surface area contributed by atoms with E-state index in [-0.39, 0.29) is 5.91 Å². The van der Waals surface area contributed by atoms with Crippen molar-refractivity contribution in [3.05, 3.63) is 76.6 Å². The number of hydrogen-bond donors (Lipinski definition) is 1. The van der Waals surface area contributed by atoms with Gasteiger partial charge >= 0.3 is 0 Å². The first kappa shape index (κ1) is 13.5. The van der Waals surface area contributed by atoms with Crippen LogP contribution in [-0.2, 0) is 6.54 Å². The largest absolute Gasteiger partial charge is 0.348 e. The van der Waals surface area contributed by atoms with Gasteiger partial charge in [-0.3, -0.25) is 9.78 Å². The Bertz CT molecular complexity index is 724. The van der Waals surface area contributed by atoms with Gasteiger partial charge in [-0.2, -0.15) is 11.3 Å². The molecule has 0 atom stereocenters. The molecule has 0 radical (unpaired) electrons. The van der Waals surface area contributed by atoms with Crippen LogP contribution in [0.25, 0.3) is 11.3 Å². The molecule has 3 nitrogen and oxygen atoms in total. The fraction of sp³-hybridized carbons (Fsp3) is 0.0588. The Kier molecular flexibility index (Phi) is 4.07. The Morgan fingerprint density at radius 1 is 1.10 bits per heavy atom. The number of rotatable bonds is 4. The summed E-state index contributed by atoms with van der Waals surface area (Å²) in [5.41, 5.74) is 3.67. The molecule has 0 saturated heterocycles. The number of hydrogen-bond acceptors (Lipinski definition) is 3. The zero-order valence-electron chi connectivity index (χ0n) is 11.3. The summed E-state index contributed by atoms with van der Waals surface area (Å²) in [6, 6.07) is 15.7. The van der Waals surface area contributed by atoms with Crippen molar-refractivity contribution in [2.45, 2.75) is 6.54 Å². The van der Waals surface area contributed by atoms with Crippen LogP contribution in [0.2, 0.25) is 0 Å². The lowest BCUT2D eigenvalue weighted by Gasteiger charge is -2.09. The topological polar surface area (TPSA) is 42.0 Å². The van der Waals surface area contributed by atoms with E-state index in [0.29, 0.717) is 12.1 Å². The number of benzene rings is 1. The van der Waals surface area contributed by atoms with E-state index in [0.717, 1.165) is 16.8 Å². The zero-order chi connectivity index (χ0) is 14.5. The molecule has 2 aromatic heterocycles. The van der Waals surface area contributed by atoms with Crippen LogP contribution in [0, 0.1) is 0 Å². The van der Waals surface area contributed by atoms with Gasteiger partial charge in [0.05, 0.1) is 5.69 Å². The van der Waals surface area contributed by atoms with Crippen LogP contribution in [0.3, 0.4) is 0 Å². The monoisotopic (exact) mass is 294 g/mol. The summed E-state index contributed by atoms with van der Waals surface area (Å²) in [6.07, 6.45) is 1.77. The second-order valence-electron chi connectivity index (χ2n) is 4.57. The van der Waals surface area contributed by atoms with Gasteiger partial charge in [0.15, 0.2) is 0 Å². The minimum absolute atomic E-state index is 0.0564. The molecule has 0 aliphatic rings. The van der Waals surface area contributed by atoms with E-state index >= 15 is 0 Å². The Morgan fingerprint density at radius 2 is 1.95 bits per heavy atom. The van der Waals surface area contributed by atoms with Crippen molar-refractivity contribution in [3.63, 3.8) is 0 Å². The van der Waals surface area contributed by atoms with Crippen LogP contribution >= 0.6 is 11.3 Å². The third-order valence-electron chi connectivity index (χ3n) is 3.16. The van der Waals surface area contributed by atoms with E-state index in [2.05, 4.69) is 10.3 Å². The van der Waals surface area contributed by atoms with E-state index in [4.69, 9.17) is 0 Å². The number of aromatic nitrogens is 1. The fourth-order valence-electron chi connectivity index (χ4n) is 2.11. The van der Waals surface area contributed by atoms with E-state index < -0.39 is 0 Å². The highest BCUT2D eigenvalue weighted by atomic mass is 32.1. The fourth-order valence-corrected chi connectivity index (χ4v) is 2.74. The number of thiophene rings is 1. The Balaban J connectivity index is 1.79. The summed E-state index contributed by atoms with van der Waals surface area (Å²) >= 11 is 1.52. The molecule has 2 heterocycles. The minimum Gasteiger partial charge on any atom is -0.348 e. The minimum atomic E-state index is -0.0564. The van der Waals surface area contributed by atoms with Crippen LogP contribution in [0.15, 0.2) is 65.5 Å². The SMILES string of the molecule is O=C(NCc1cccnc1-c1ccccc1)c1ccsc1. The summed E-state index contributed by atoms with van der Waals surface area (Å²) in [6.45, 7) is 0.465. The number of carbonyl (C=O) groups is 1. The average Bonchev–Trinajstić information content (AvgIpc) is 3.08. The molecule has 1 aromatic carbocycles. The van der Waals surface area contributed by atoms with Gasteiger partial charge in [0, 0.05) is 29.2 Å². The van der Waals surface area contributed by atoms with Crippen LogP contribution < -0.4 is 5.32 Å². The molecule has 0 spiro atoms. The first-order chi connectivity index (χ1) is 10.3. The first-order valence-electron chi connectivity index (χ1n) is 6.64. The van der Waals surface area contributed by atoms with Crippen LogP contribution in [0.4, 0.5) is 0 Å². The van der Waals surface area contributed by atoms with Crippen molar-refractivity contribution in [1.82, 2.24) is 10.3 Å². The van der Waals surface area contributed by atoms with Gasteiger partial charge in [0.25, 0.3) is 5.91 Å². The smallest absolute Gasteiger partial charge is 0.252 e. The third-order valence-corrected chi connectivity index (χ3v) is 3.84. The van der Waals surface area contributed by atoms with Crippen LogP contribution in [0.1, 0.15) is 15.9 Å². The standard InChI is InChI=1S/C17H14N2OS/c20-17(15-8-10-21-12-15)19-11-14-7-4-9-18-16(14)13-5-2-1-3-6-13/h1-10,12H,11H2,(H,19,20). The lowest BCUT2D eigenvalue weighted by molar-refractivity contribution is 0.0951. The maximum atomic E-state index is 12.0. The molecule has 0 fully saturated rings. The molecule has 1 N–H and O–H groups in total. The molecule has 4 heteroatoms. The van der Waals surface area contributed by atoms with Crippen molar-refractivity contribution in [1.29, 1.82) is 0 Å². The number of nitrogens with zero attached hydrogens (tertiary/aromatic N) is 1. The highest BCUT2D eigenvalue weighted by Crippen LogP contribution is 2.20. The van der Waals surface area contributed by atoms with Crippen molar-refractivity contribution in [2.24, 2.45) is 0 Å². The number of nitrogens with one attached hydrogen (secondary N) is 1. The second-order valence-corrected chi connectivity index (χ2v) is 5.35. The van der Waals surface area contributed by atoms with E-state index in [1.54, 1.807) is 6.20 Å². The molecular formula is C17H14N2OS. The van der Waals surface area contributed by atoms with Gasteiger partial charge < -0.3 is 5.32 Å². The van der Waals surface area contributed by atoms with Crippen molar-refractivity contribution in [3.8, 4) is 11.3 Å². The van der Waals surface area contributed by atoms with Gasteiger partial charge in [-0.1, -0.05) is 36.4 Å².